The lowest BCUT2D eigenvalue weighted by molar-refractivity contribution is -0.348. The molecular weight excluding hydrogens is 552 g/mol. The van der Waals surface area contributed by atoms with Crippen molar-refractivity contribution in [3.63, 3.8) is 0 Å². The minimum atomic E-state index is -1.98. The van der Waals surface area contributed by atoms with Crippen molar-refractivity contribution in [2.75, 3.05) is 6.61 Å². The summed E-state index contributed by atoms with van der Waals surface area (Å²) in [6.45, 7) is 8.90. The van der Waals surface area contributed by atoms with Crippen LogP contribution >= 0.6 is 0 Å². The van der Waals surface area contributed by atoms with Gasteiger partial charge in [0.25, 0.3) is 0 Å². The van der Waals surface area contributed by atoms with Gasteiger partial charge in [0.1, 0.15) is 30.3 Å². The minimum absolute atomic E-state index is 0.00488. The summed E-state index contributed by atoms with van der Waals surface area (Å²) in [5.41, 5.74) is -6.85. The van der Waals surface area contributed by atoms with E-state index >= 15 is 0 Å². The Balaban J connectivity index is 2.10. The van der Waals surface area contributed by atoms with Crippen LogP contribution in [0, 0.1) is 11.3 Å². The number of hydrogen-bond acceptors (Lipinski definition) is 12. The lowest BCUT2D eigenvalue weighted by atomic mass is 9.46. The van der Waals surface area contributed by atoms with Crippen molar-refractivity contribution in [3.05, 3.63) is 35.9 Å². The van der Waals surface area contributed by atoms with Crippen molar-refractivity contribution < 1.29 is 57.5 Å². The van der Waals surface area contributed by atoms with Gasteiger partial charge in [0.15, 0.2) is 11.7 Å². The van der Waals surface area contributed by atoms with E-state index in [0.717, 1.165) is 6.92 Å². The Morgan fingerprint density at radius 2 is 1.43 bits per heavy atom. The molecule has 12 nitrogen and oxygen atoms in total. The minimum Gasteiger partial charge on any atom is -0.465 e. The highest BCUT2D eigenvalue weighted by Gasteiger charge is 2.87. The molecule has 8 unspecified atom stereocenters. The summed E-state index contributed by atoms with van der Waals surface area (Å²) >= 11 is 0. The molecule has 42 heavy (non-hydrogen) atoms. The molecule has 230 valence electrons. The average molecular weight is 591 g/mol. The number of esters is 5. The van der Waals surface area contributed by atoms with Crippen LogP contribution in [-0.4, -0.2) is 82.8 Å². The van der Waals surface area contributed by atoms with Gasteiger partial charge in [0.2, 0.25) is 0 Å². The number of carbonyl (C=O) groups is 5. The van der Waals surface area contributed by atoms with Gasteiger partial charge >= 0.3 is 29.8 Å². The normalized spacial score (nSPS) is 36.1. The van der Waals surface area contributed by atoms with Crippen molar-refractivity contribution in [2.45, 2.75) is 103 Å². The Bertz CT molecular complexity index is 1260. The molecule has 1 spiro atoms. The zero-order valence-electron chi connectivity index (χ0n) is 24.8. The van der Waals surface area contributed by atoms with Crippen LogP contribution < -0.4 is 0 Å². The van der Waals surface area contributed by atoms with Crippen molar-refractivity contribution in [2.24, 2.45) is 11.3 Å². The topological polar surface area (TPSA) is 161 Å². The lowest BCUT2D eigenvalue weighted by Crippen LogP contribution is -2.83. The molecule has 1 heterocycles. The summed E-state index contributed by atoms with van der Waals surface area (Å²) < 4.78 is 36.2. The third-order valence-electron chi connectivity index (χ3n) is 8.73. The molecule has 8 atom stereocenters. The van der Waals surface area contributed by atoms with Crippen LogP contribution in [0.1, 0.15) is 71.7 Å². The molecule has 2 saturated carbocycles. The second-order valence-electron chi connectivity index (χ2n) is 12.0. The summed E-state index contributed by atoms with van der Waals surface area (Å²) in [4.78, 5) is 63.7. The second-order valence-corrected chi connectivity index (χ2v) is 12.0. The van der Waals surface area contributed by atoms with Crippen LogP contribution in [0.2, 0.25) is 0 Å². The second kappa shape index (κ2) is 11.0. The SMILES string of the molecule is CC(=O)OCC12C(OC(C)=O)CCC(C)(O)C13OC(C)(C)C(C(OC(C)=O)C2OC(=O)c1ccccc1)C3OC(C)=O. The highest BCUT2D eigenvalue weighted by molar-refractivity contribution is 5.89. The van der Waals surface area contributed by atoms with E-state index in [4.69, 9.17) is 28.4 Å². The fourth-order valence-corrected chi connectivity index (χ4v) is 7.43. The monoisotopic (exact) mass is 590 g/mol. The first-order chi connectivity index (χ1) is 19.5. The first-order valence-electron chi connectivity index (χ1n) is 13.8. The van der Waals surface area contributed by atoms with E-state index in [1.54, 1.807) is 32.0 Å². The van der Waals surface area contributed by atoms with Crippen molar-refractivity contribution in [1.29, 1.82) is 0 Å². The molecule has 3 fully saturated rings. The molecule has 1 aromatic rings. The van der Waals surface area contributed by atoms with Gasteiger partial charge in [-0.2, -0.15) is 0 Å². The van der Waals surface area contributed by atoms with Crippen LogP contribution in [0.25, 0.3) is 0 Å². The van der Waals surface area contributed by atoms with Gasteiger partial charge in [-0.1, -0.05) is 18.2 Å². The summed E-state index contributed by atoms with van der Waals surface area (Å²) in [6.07, 6.45) is -5.37. The van der Waals surface area contributed by atoms with Crippen molar-refractivity contribution in [3.8, 4) is 0 Å². The van der Waals surface area contributed by atoms with Crippen molar-refractivity contribution in [1.82, 2.24) is 0 Å². The maximum absolute atomic E-state index is 13.7. The summed E-state index contributed by atoms with van der Waals surface area (Å²) in [5.74, 6) is -4.70. The number of fused-ring (bicyclic) bond motifs is 1. The maximum atomic E-state index is 13.7. The third-order valence-corrected chi connectivity index (χ3v) is 8.73. The van der Waals surface area contributed by atoms with E-state index in [-0.39, 0.29) is 18.4 Å². The summed E-state index contributed by atoms with van der Waals surface area (Å²) in [7, 11) is 0. The molecule has 0 amide bonds. The van der Waals surface area contributed by atoms with Gasteiger partial charge in [-0.25, -0.2) is 4.79 Å². The molecule has 0 aromatic heterocycles. The average Bonchev–Trinajstić information content (AvgIpc) is 3.07. The molecule has 1 saturated heterocycles. The van der Waals surface area contributed by atoms with Gasteiger partial charge < -0.3 is 33.5 Å². The van der Waals surface area contributed by atoms with Crippen molar-refractivity contribution >= 4 is 29.8 Å². The summed E-state index contributed by atoms with van der Waals surface area (Å²) in [6, 6.07) is 8.04. The molecule has 2 aliphatic carbocycles. The predicted octanol–water partition coefficient (Wildman–Crippen LogP) is 2.28. The molecule has 2 bridgehead atoms. The Morgan fingerprint density at radius 1 is 0.833 bits per heavy atom. The molecule has 1 aromatic carbocycles. The fraction of sp³-hybridized carbons (Fsp3) is 0.633. The van der Waals surface area contributed by atoms with Crippen LogP contribution in [-0.2, 0) is 47.6 Å². The zero-order valence-corrected chi connectivity index (χ0v) is 24.8. The van der Waals surface area contributed by atoms with E-state index in [1.165, 1.54) is 39.8 Å². The van der Waals surface area contributed by atoms with E-state index in [0.29, 0.717) is 0 Å². The van der Waals surface area contributed by atoms with E-state index in [2.05, 4.69) is 0 Å². The summed E-state index contributed by atoms with van der Waals surface area (Å²) in [5, 5.41) is 12.2. The molecule has 1 N–H and O–H groups in total. The fourth-order valence-electron chi connectivity index (χ4n) is 7.43. The number of rotatable bonds is 7. The van der Waals surface area contributed by atoms with Gasteiger partial charge in [-0.15, -0.1) is 0 Å². The standard InChI is InChI=1S/C30H38O12/c1-16(31)37-15-29-21(38-17(2)32)13-14-28(7,36)30(29)24(40-19(4)34)22(27(5,6)42-30)23(39-18(3)33)25(29)41-26(35)20-11-9-8-10-12-20/h8-12,21-25,36H,13-15H2,1-7H3. The smallest absolute Gasteiger partial charge is 0.338 e. The third kappa shape index (κ3) is 4.94. The molecule has 0 radical (unpaired) electrons. The molecule has 1 aliphatic heterocycles. The van der Waals surface area contributed by atoms with Gasteiger partial charge in [0, 0.05) is 27.7 Å². The van der Waals surface area contributed by atoms with E-state index in [1.807, 2.05) is 0 Å². The van der Waals surface area contributed by atoms with E-state index in [9.17, 15) is 29.1 Å². The van der Waals surface area contributed by atoms with Gasteiger partial charge in [-0.3, -0.25) is 19.2 Å². The number of benzene rings is 1. The lowest BCUT2D eigenvalue weighted by Gasteiger charge is -2.65. The number of ether oxygens (including phenoxy) is 6. The molecule has 3 aliphatic rings. The Morgan fingerprint density at radius 3 is 1.98 bits per heavy atom. The zero-order chi connectivity index (χ0) is 31.3. The van der Waals surface area contributed by atoms with E-state index < -0.39 is 89.0 Å². The van der Waals surface area contributed by atoms with Crippen LogP contribution in [0.5, 0.6) is 0 Å². The Hall–Kier alpha value is -3.51. The first-order valence-corrected chi connectivity index (χ1v) is 13.8. The highest BCUT2D eigenvalue weighted by Crippen LogP contribution is 2.69. The first kappa shape index (κ1) is 31.4. The molecular formula is C30H38O12. The van der Waals surface area contributed by atoms with Gasteiger partial charge in [-0.05, 0) is 45.7 Å². The van der Waals surface area contributed by atoms with Crippen LogP contribution in [0.15, 0.2) is 30.3 Å². The van der Waals surface area contributed by atoms with Crippen LogP contribution in [0.3, 0.4) is 0 Å². The maximum Gasteiger partial charge on any atom is 0.338 e. The van der Waals surface area contributed by atoms with Crippen LogP contribution in [0.4, 0.5) is 0 Å². The quantitative estimate of drug-likeness (QED) is 0.365. The molecule has 4 rings (SSSR count). The number of hydrogen-bond donors (Lipinski definition) is 1. The Kier molecular flexibility index (Phi) is 8.20. The number of carbonyl (C=O) groups excluding carboxylic acids is 5. The largest absolute Gasteiger partial charge is 0.465 e. The van der Waals surface area contributed by atoms with Gasteiger partial charge in [0.05, 0.1) is 22.7 Å². The molecule has 12 heteroatoms. The number of aliphatic hydroxyl groups is 1. The highest BCUT2D eigenvalue weighted by atomic mass is 16.6. The Labute approximate surface area is 243 Å². The predicted molar refractivity (Wildman–Crippen MR) is 143 cm³/mol.